The molecule has 0 fully saturated rings. The van der Waals surface area contributed by atoms with Crippen molar-refractivity contribution in [3.05, 3.63) is 20.8 Å². The molecule has 0 amide bonds. The average Bonchev–Trinajstić information content (AvgIpc) is 2.79. The summed E-state index contributed by atoms with van der Waals surface area (Å²) in [7, 11) is 0. The Morgan fingerprint density at radius 2 is 2.16 bits per heavy atom. The molecule has 0 aliphatic rings. The summed E-state index contributed by atoms with van der Waals surface area (Å²) in [6, 6.07) is 4.26. The SMILES string of the molecule is CCOC(=O)CCCCCNCCc1ccc(Br)s1. The summed E-state index contributed by atoms with van der Waals surface area (Å²) in [4.78, 5) is 12.5. The number of carbonyl (C=O) groups excluding carboxylic acids is 1. The summed E-state index contributed by atoms with van der Waals surface area (Å²) in [6.07, 6.45) is 4.76. The maximum absolute atomic E-state index is 11.1. The second-order valence-corrected chi connectivity index (χ2v) is 6.87. The molecule has 3 nitrogen and oxygen atoms in total. The predicted octanol–water partition coefficient (Wildman–Crippen LogP) is 3.77. The van der Waals surface area contributed by atoms with Gasteiger partial charge in [-0.15, -0.1) is 11.3 Å². The topological polar surface area (TPSA) is 38.3 Å². The van der Waals surface area contributed by atoms with Crippen molar-refractivity contribution in [2.45, 2.75) is 39.0 Å². The van der Waals surface area contributed by atoms with Crippen LogP contribution in [0.4, 0.5) is 0 Å². The number of nitrogens with one attached hydrogen (secondary N) is 1. The van der Waals surface area contributed by atoms with Crippen molar-refractivity contribution in [3.8, 4) is 0 Å². The Labute approximate surface area is 127 Å². The molecule has 0 aliphatic carbocycles. The number of unbranched alkanes of at least 4 members (excludes halogenated alkanes) is 2. The average molecular weight is 348 g/mol. The molecular weight excluding hydrogens is 326 g/mol. The van der Waals surface area contributed by atoms with E-state index in [1.807, 2.05) is 6.92 Å². The van der Waals surface area contributed by atoms with Crippen LogP contribution in [0, 0.1) is 0 Å². The maximum Gasteiger partial charge on any atom is 0.305 e. The molecular formula is C14H22BrNO2S. The molecule has 0 spiro atoms. The fourth-order valence-corrected chi connectivity index (χ4v) is 3.23. The lowest BCUT2D eigenvalue weighted by Gasteiger charge is -2.04. The van der Waals surface area contributed by atoms with Gasteiger partial charge in [-0.25, -0.2) is 0 Å². The highest BCUT2D eigenvalue weighted by Crippen LogP contribution is 2.21. The maximum atomic E-state index is 11.1. The van der Waals surface area contributed by atoms with Crippen LogP contribution >= 0.6 is 27.3 Å². The van der Waals surface area contributed by atoms with Crippen molar-refractivity contribution in [2.24, 2.45) is 0 Å². The molecule has 0 bridgehead atoms. The molecule has 108 valence electrons. The van der Waals surface area contributed by atoms with Crippen LogP contribution in [0.5, 0.6) is 0 Å². The summed E-state index contributed by atoms with van der Waals surface area (Å²) in [5.74, 6) is -0.0706. The lowest BCUT2D eigenvalue weighted by atomic mass is 10.2. The van der Waals surface area contributed by atoms with E-state index in [0.29, 0.717) is 13.0 Å². The van der Waals surface area contributed by atoms with E-state index in [1.54, 1.807) is 11.3 Å². The molecule has 5 heteroatoms. The first-order valence-corrected chi connectivity index (χ1v) is 8.44. The smallest absolute Gasteiger partial charge is 0.305 e. The van der Waals surface area contributed by atoms with Crippen molar-refractivity contribution in [1.82, 2.24) is 5.32 Å². The van der Waals surface area contributed by atoms with Gasteiger partial charge in [0.1, 0.15) is 0 Å². The molecule has 0 unspecified atom stereocenters. The highest BCUT2D eigenvalue weighted by Gasteiger charge is 2.00. The van der Waals surface area contributed by atoms with Gasteiger partial charge in [-0.3, -0.25) is 4.79 Å². The highest BCUT2D eigenvalue weighted by molar-refractivity contribution is 9.11. The fourth-order valence-electron chi connectivity index (χ4n) is 1.75. The molecule has 0 aliphatic heterocycles. The predicted molar refractivity (Wildman–Crippen MR) is 83.7 cm³/mol. The molecule has 0 saturated heterocycles. The molecule has 1 heterocycles. The van der Waals surface area contributed by atoms with Crippen LogP contribution < -0.4 is 5.32 Å². The summed E-state index contributed by atoms with van der Waals surface area (Å²) in [6.45, 7) is 4.37. The number of rotatable bonds is 10. The number of esters is 1. The van der Waals surface area contributed by atoms with Gasteiger partial charge in [-0.05, 0) is 67.3 Å². The quantitative estimate of drug-likeness (QED) is 0.517. The van der Waals surface area contributed by atoms with Gasteiger partial charge in [0.05, 0.1) is 10.4 Å². The molecule has 1 aromatic heterocycles. The lowest BCUT2D eigenvalue weighted by Crippen LogP contribution is -2.18. The molecule has 0 atom stereocenters. The van der Waals surface area contributed by atoms with Crippen LogP contribution in [0.1, 0.15) is 37.5 Å². The van der Waals surface area contributed by atoms with Crippen molar-refractivity contribution < 1.29 is 9.53 Å². The number of hydrogen-bond acceptors (Lipinski definition) is 4. The van der Waals surface area contributed by atoms with E-state index < -0.39 is 0 Å². The first-order chi connectivity index (χ1) is 9.22. The van der Waals surface area contributed by atoms with E-state index in [2.05, 4.69) is 33.4 Å². The van der Waals surface area contributed by atoms with E-state index in [9.17, 15) is 4.79 Å². The third kappa shape index (κ3) is 8.39. The van der Waals surface area contributed by atoms with Crippen LogP contribution in [0.3, 0.4) is 0 Å². The van der Waals surface area contributed by atoms with Crippen molar-refractivity contribution in [1.29, 1.82) is 0 Å². The lowest BCUT2D eigenvalue weighted by molar-refractivity contribution is -0.143. The van der Waals surface area contributed by atoms with Gasteiger partial charge in [0, 0.05) is 11.3 Å². The van der Waals surface area contributed by atoms with Crippen LogP contribution in [-0.4, -0.2) is 25.7 Å². The zero-order valence-electron chi connectivity index (χ0n) is 11.4. The number of hydrogen-bond donors (Lipinski definition) is 1. The Hall–Kier alpha value is -0.390. The van der Waals surface area contributed by atoms with Crippen LogP contribution in [0.15, 0.2) is 15.9 Å². The first kappa shape index (κ1) is 16.7. The van der Waals surface area contributed by atoms with Crippen molar-refractivity contribution in [3.63, 3.8) is 0 Å². The Kier molecular flexibility index (Phi) is 9.12. The minimum atomic E-state index is -0.0706. The number of carbonyl (C=O) groups is 1. The molecule has 0 saturated carbocycles. The highest BCUT2D eigenvalue weighted by atomic mass is 79.9. The number of halogens is 1. The van der Waals surface area contributed by atoms with E-state index in [4.69, 9.17) is 4.74 Å². The Morgan fingerprint density at radius 3 is 2.84 bits per heavy atom. The summed E-state index contributed by atoms with van der Waals surface area (Å²) < 4.78 is 6.08. The molecule has 0 radical (unpaired) electrons. The van der Waals surface area contributed by atoms with Crippen LogP contribution in [-0.2, 0) is 16.0 Å². The third-order valence-corrected chi connectivity index (χ3v) is 4.40. The van der Waals surface area contributed by atoms with Gasteiger partial charge in [0.15, 0.2) is 0 Å². The van der Waals surface area contributed by atoms with Crippen LogP contribution in [0.2, 0.25) is 0 Å². The van der Waals surface area contributed by atoms with Crippen molar-refractivity contribution in [2.75, 3.05) is 19.7 Å². The summed E-state index contributed by atoms with van der Waals surface area (Å²) in [5, 5.41) is 3.43. The number of ether oxygens (including phenoxy) is 1. The Morgan fingerprint density at radius 1 is 1.32 bits per heavy atom. The zero-order chi connectivity index (χ0) is 13.9. The largest absolute Gasteiger partial charge is 0.466 e. The first-order valence-electron chi connectivity index (χ1n) is 6.83. The molecule has 1 aromatic rings. The molecule has 1 N–H and O–H groups in total. The van der Waals surface area contributed by atoms with Gasteiger partial charge >= 0.3 is 5.97 Å². The van der Waals surface area contributed by atoms with Gasteiger partial charge in [0.25, 0.3) is 0 Å². The third-order valence-electron chi connectivity index (χ3n) is 2.72. The van der Waals surface area contributed by atoms with E-state index in [0.717, 1.165) is 38.8 Å². The fraction of sp³-hybridized carbons (Fsp3) is 0.643. The monoisotopic (exact) mass is 347 g/mol. The molecule has 0 aromatic carbocycles. The van der Waals surface area contributed by atoms with Gasteiger partial charge in [0.2, 0.25) is 0 Å². The van der Waals surface area contributed by atoms with Gasteiger partial charge < -0.3 is 10.1 Å². The van der Waals surface area contributed by atoms with E-state index in [-0.39, 0.29) is 5.97 Å². The number of thiophene rings is 1. The minimum absolute atomic E-state index is 0.0706. The Bertz CT molecular complexity index is 368. The second-order valence-electron chi connectivity index (χ2n) is 4.32. The van der Waals surface area contributed by atoms with E-state index in [1.165, 1.54) is 8.66 Å². The van der Waals surface area contributed by atoms with Crippen molar-refractivity contribution >= 4 is 33.2 Å². The van der Waals surface area contributed by atoms with Gasteiger partial charge in [-0.2, -0.15) is 0 Å². The second kappa shape index (κ2) is 10.4. The minimum Gasteiger partial charge on any atom is -0.466 e. The molecule has 19 heavy (non-hydrogen) atoms. The summed E-state index contributed by atoms with van der Waals surface area (Å²) in [5.41, 5.74) is 0. The zero-order valence-corrected chi connectivity index (χ0v) is 13.8. The molecule has 1 rings (SSSR count). The Balaban J connectivity index is 1.87. The van der Waals surface area contributed by atoms with E-state index >= 15 is 0 Å². The van der Waals surface area contributed by atoms with Crippen LogP contribution in [0.25, 0.3) is 0 Å². The summed E-state index contributed by atoms with van der Waals surface area (Å²) >= 11 is 5.26. The standard InChI is InChI=1S/C14H22BrNO2S/c1-2-18-14(17)6-4-3-5-10-16-11-9-12-7-8-13(15)19-12/h7-8,16H,2-6,9-11H2,1H3. The van der Waals surface area contributed by atoms with Gasteiger partial charge in [-0.1, -0.05) is 6.42 Å². The normalized spacial score (nSPS) is 10.6.